The highest BCUT2D eigenvalue weighted by atomic mass is 32.1. The van der Waals surface area contributed by atoms with E-state index in [0.717, 1.165) is 55.9 Å². The lowest BCUT2D eigenvalue weighted by Crippen LogP contribution is -2.30. The second-order valence-electron chi connectivity index (χ2n) is 6.61. The topological polar surface area (TPSA) is 19.4 Å². The van der Waals surface area contributed by atoms with Crippen molar-refractivity contribution in [1.82, 2.24) is 14.8 Å². The first-order valence-electron chi connectivity index (χ1n) is 8.52. The van der Waals surface area contributed by atoms with Crippen LogP contribution in [-0.4, -0.2) is 41.0 Å². The molecule has 1 aliphatic rings. The van der Waals surface area contributed by atoms with Gasteiger partial charge in [0.2, 0.25) is 0 Å². The second-order valence-corrected chi connectivity index (χ2v) is 7.67. The number of nitrogens with zero attached hydrogens (tertiary/aromatic N) is 3. The molecule has 142 valence electrons. The third-order valence-corrected chi connectivity index (χ3v) is 5.25. The molecular formula is C18H21F4N3S. The van der Waals surface area contributed by atoms with Gasteiger partial charge in [-0.25, -0.2) is 9.37 Å². The second kappa shape index (κ2) is 8.02. The lowest BCUT2D eigenvalue weighted by molar-refractivity contribution is -0.137. The zero-order valence-electron chi connectivity index (χ0n) is 14.5. The fraction of sp³-hybridized carbons (Fsp3) is 0.500. The van der Waals surface area contributed by atoms with Crippen LogP contribution in [0.4, 0.5) is 17.6 Å². The Hall–Kier alpha value is -1.51. The molecule has 0 spiro atoms. The van der Waals surface area contributed by atoms with Gasteiger partial charge in [-0.2, -0.15) is 13.2 Å². The van der Waals surface area contributed by atoms with Crippen LogP contribution in [-0.2, 0) is 19.3 Å². The van der Waals surface area contributed by atoms with Gasteiger partial charge >= 0.3 is 6.18 Å². The molecule has 2 aromatic rings. The van der Waals surface area contributed by atoms with Crippen molar-refractivity contribution in [2.24, 2.45) is 0 Å². The molecule has 1 aliphatic heterocycles. The van der Waals surface area contributed by atoms with E-state index in [4.69, 9.17) is 0 Å². The van der Waals surface area contributed by atoms with Gasteiger partial charge in [0.25, 0.3) is 0 Å². The van der Waals surface area contributed by atoms with Crippen molar-refractivity contribution in [2.75, 3.05) is 26.2 Å². The van der Waals surface area contributed by atoms with Gasteiger partial charge in [0.15, 0.2) is 0 Å². The quantitative estimate of drug-likeness (QED) is 0.729. The van der Waals surface area contributed by atoms with E-state index in [0.29, 0.717) is 18.2 Å². The number of hydrogen-bond donors (Lipinski definition) is 0. The molecule has 0 bridgehead atoms. The van der Waals surface area contributed by atoms with Crippen LogP contribution >= 0.6 is 11.3 Å². The van der Waals surface area contributed by atoms with Gasteiger partial charge in [0, 0.05) is 31.6 Å². The molecule has 1 fully saturated rings. The molecule has 1 aromatic heterocycles. The summed E-state index contributed by atoms with van der Waals surface area (Å²) >= 11 is 1.63. The van der Waals surface area contributed by atoms with E-state index in [9.17, 15) is 17.6 Å². The van der Waals surface area contributed by atoms with E-state index in [2.05, 4.69) is 20.2 Å². The number of aromatic nitrogens is 1. The number of alkyl halides is 3. The van der Waals surface area contributed by atoms with Crippen LogP contribution in [0.25, 0.3) is 0 Å². The summed E-state index contributed by atoms with van der Waals surface area (Å²) in [5, 5.41) is 3.10. The Kier molecular flexibility index (Phi) is 5.94. The third kappa shape index (κ3) is 5.25. The van der Waals surface area contributed by atoms with Crippen LogP contribution in [0.3, 0.4) is 0 Å². The van der Waals surface area contributed by atoms with Crippen LogP contribution in [0.15, 0.2) is 23.6 Å². The largest absolute Gasteiger partial charge is 0.416 e. The monoisotopic (exact) mass is 387 g/mol. The minimum absolute atomic E-state index is 0.324. The smallest absolute Gasteiger partial charge is 0.298 e. The van der Waals surface area contributed by atoms with Crippen LogP contribution in [0.5, 0.6) is 0 Å². The summed E-state index contributed by atoms with van der Waals surface area (Å²) in [6.07, 6.45) is -3.61. The first-order valence-corrected chi connectivity index (χ1v) is 9.40. The Morgan fingerprint density at radius 3 is 2.35 bits per heavy atom. The van der Waals surface area contributed by atoms with Crippen molar-refractivity contribution >= 4 is 11.3 Å². The van der Waals surface area contributed by atoms with E-state index in [1.54, 1.807) is 11.3 Å². The Morgan fingerprint density at radius 1 is 1.04 bits per heavy atom. The predicted octanol–water partition coefficient (Wildman–Crippen LogP) is 4.32. The molecule has 1 saturated heterocycles. The minimum atomic E-state index is -4.53. The van der Waals surface area contributed by atoms with E-state index in [1.165, 1.54) is 6.07 Å². The average Bonchev–Trinajstić information content (AvgIpc) is 2.82. The summed E-state index contributed by atoms with van der Waals surface area (Å²) in [7, 11) is 0. The van der Waals surface area contributed by atoms with Crippen molar-refractivity contribution < 1.29 is 17.6 Å². The summed E-state index contributed by atoms with van der Waals surface area (Å²) in [6.45, 7) is 6.35. The third-order valence-electron chi connectivity index (χ3n) is 4.42. The zero-order chi connectivity index (χ0) is 18.7. The van der Waals surface area contributed by atoms with Crippen molar-refractivity contribution in [3.05, 3.63) is 51.2 Å². The van der Waals surface area contributed by atoms with Crippen LogP contribution in [0.2, 0.25) is 0 Å². The van der Waals surface area contributed by atoms with Gasteiger partial charge in [-0.3, -0.25) is 9.80 Å². The molecule has 0 N–H and O–H groups in total. The van der Waals surface area contributed by atoms with Gasteiger partial charge in [-0.15, -0.1) is 11.3 Å². The number of aryl methyl sites for hydroxylation is 1. The maximum atomic E-state index is 13.6. The SMILES string of the molecule is Cc1nc(CN2CCCN(Cc3cc(F)cc(C(F)(F)F)c3)CC2)cs1. The fourth-order valence-electron chi connectivity index (χ4n) is 3.21. The summed E-state index contributed by atoms with van der Waals surface area (Å²) < 4.78 is 52.1. The molecule has 0 amide bonds. The number of rotatable bonds is 4. The zero-order valence-corrected chi connectivity index (χ0v) is 15.3. The van der Waals surface area contributed by atoms with Gasteiger partial charge < -0.3 is 0 Å². The Balaban J connectivity index is 1.60. The number of benzene rings is 1. The number of hydrogen-bond acceptors (Lipinski definition) is 4. The molecule has 2 heterocycles. The minimum Gasteiger partial charge on any atom is -0.298 e. The predicted molar refractivity (Wildman–Crippen MR) is 93.4 cm³/mol. The average molecular weight is 387 g/mol. The molecule has 0 aliphatic carbocycles. The first kappa shape index (κ1) is 19.3. The maximum absolute atomic E-state index is 13.6. The number of halogens is 4. The lowest BCUT2D eigenvalue weighted by atomic mass is 10.1. The Bertz CT molecular complexity index is 744. The van der Waals surface area contributed by atoms with E-state index < -0.39 is 17.6 Å². The van der Waals surface area contributed by atoms with Crippen LogP contribution < -0.4 is 0 Å². The Morgan fingerprint density at radius 2 is 1.73 bits per heavy atom. The molecule has 0 radical (unpaired) electrons. The van der Waals surface area contributed by atoms with Crippen molar-refractivity contribution in [3.63, 3.8) is 0 Å². The molecular weight excluding hydrogens is 366 g/mol. The summed E-state index contributed by atoms with van der Waals surface area (Å²) in [5.74, 6) is -0.842. The summed E-state index contributed by atoms with van der Waals surface area (Å²) in [6, 6.07) is 2.78. The molecule has 0 unspecified atom stereocenters. The van der Waals surface area contributed by atoms with Gasteiger partial charge in [0.1, 0.15) is 5.82 Å². The molecule has 26 heavy (non-hydrogen) atoms. The molecule has 3 nitrogen and oxygen atoms in total. The highest BCUT2D eigenvalue weighted by molar-refractivity contribution is 7.09. The van der Waals surface area contributed by atoms with E-state index >= 15 is 0 Å². The summed E-state index contributed by atoms with van der Waals surface area (Å²) in [4.78, 5) is 8.87. The van der Waals surface area contributed by atoms with Gasteiger partial charge in [0.05, 0.1) is 16.3 Å². The fourth-order valence-corrected chi connectivity index (χ4v) is 3.82. The maximum Gasteiger partial charge on any atom is 0.416 e. The molecule has 1 aromatic carbocycles. The van der Waals surface area contributed by atoms with Crippen molar-refractivity contribution in [1.29, 1.82) is 0 Å². The molecule has 0 atom stereocenters. The molecule has 0 saturated carbocycles. The molecule has 3 rings (SSSR count). The van der Waals surface area contributed by atoms with Crippen LogP contribution in [0, 0.1) is 12.7 Å². The van der Waals surface area contributed by atoms with Crippen LogP contribution in [0.1, 0.15) is 28.2 Å². The first-order chi connectivity index (χ1) is 12.3. The van der Waals surface area contributed by atoms with Crippen molar-refractivity contribution in [3.8, 4) is 0 Å². The summed E-state index contributed by atoms with van der Waals surface area (Å²) in [5.41, 5.74) is 0.490. The highest BCUT2D eigenvalue weighted by Crippen LogP contribution is 2.30. The highest BCUT2D eigenvalue weighted by Gasteiger charge is 2.31. The van der Waals surface area contributed by atoms with Gasteiger partial charge in [-0.05, 0) is 50.2 Å². The normalized spacial score (nSPS) is 17.4. The van der Waals surface area contributed by atoms with E-state index in [-0.39, 0.29) is 0 Å². The Labute approximate surface area is 154 Å². The van der Waals surface area contributed by atoms with Gasteiger partial charge in [-0.1, -0.05) is 0 Å². The number of thiazole rings is 1. The standard InChI is InChI=1S/C18H21F4N3S/c1-13-23-17(12-26-13)11-25-4-2-3-24(5-6-25)10-14-7-15(18(20,21)22)9-16(19)8-14/h7-9,12H,2-6,10-11H2,1H3. The molecule has 8 heteroatoms. The van der Waals surface area contributed by atoms with E-state index in [1.807, 2.05) is 6.92 Å². The van der Waals surface area contributed by atoms with Crippen molar-refractivity contribution in [2.45, 2.75) is 32.6 Å². The lowest BCUT2D eigenvalue weighted by Gasteiger charge is -2.22.